The van der Waals surface area contributed by atoms with Gasteiger partial charge in [0.05, 0.1) is 13.2 Å². The zero-order valence-corrected chi connectivity index (χ0v) is 36.9. The fraction of sp³-hybridized carbons (Fsp3) is 0.583. The summed E-state index contributed by atoms with van der Waals surface area (Å²) in [6.07, 6.45) is 57.2. The predicted molar refractivity (Wildman–Crippen MR) is 242 cm³/mol. The number of phosphoric acid groups is 1. The molecule has 0 aliphatic carbocycles. The smallest absolute Gasteiger partial charge is 0.462 e. The molecule has 0 aromatic heterocycles. The number of unbranched alkanes of at least 4 members (excludes halogenated alkanes) is 8. The molecule has 0 heterocycles. The second-order valence-electron chi connectivity index (χ2n) is 13.8. The maximum Gasteiger partial charge on any atom is 0.472 e. The van der Waals surface area contributed by atoms with Gasteiger partial charge < -0.3 is 20.1 Å². The molecule has 0 spiro atoms. The van der Waals surface area contributed by atoms with E-state index in [1.807, 2.05) is 6.08 Å². The first-order valence-electron chi connectivity index (χ1n) is 21.9. The van der Waals surface area contributed by atoms with E-state index in [0.29, 0.717) is 12.8 Å². The van der Waals surface area contributed by atoms with Crippen molar-refractivity contribution in [1.82, 2.24) is 0 Å². The molecule has 0 amide bonds. The second-order valence-corrected chi connectivity index (χ2v) is 15.3. The highest BCUT2D eigenvalue weighted by molar-refractivity contribution is 7.47. The first kappa shape index (κ1) is 54.7. The van der Waals surface area contributed by atoms with Crippen LogP contribution >= 0.6 is 7.82 Å². The average Bonchev–Trinajstić information content (AvgIpc) is 3.21. The minimum Gasteiger partial charge on any atom is -0.462 e. The third kappa shape index (κ3) is 42.3. The topological polar surface area (TPSA) is 134 Å². The Hall–Kier alpha value is -3.33. The maximum atomic E-state index is 12.5. The molecular weight excluding hydrogens is 750 g/mol. The Morgan fingerprint density at radius 3 is 1.40 bits per heavy atom. The molecule has 0 aromatic rings. The van der Waals surface area contributed by atoms with Gasteiger partial charge in [0.2, 0.25) is 0 Å². The Bertz CT molecular complexity index is 1310. The third-order valence-electron chi connectivity index (χ3n) is 8.42. The molecule has 328 valence electrons. The van der Waals surface area contributed by atoms with E-state index in [1.165, 1.54) is 25.7 Å². The van der Waals surface area contributed by atoms with Gasteiger partial charge >= 0.3 is 19.8 Å². The molecule has 3 N–H and O–H groups in total. The van der Waals surface area contributed by atoms with Crippen molar-refractivity contribution in [3.05, 3.63) is 109 Å². The molecule has 0 radical (unpaired) electrons. The van der Waals surface area contributed by atoms with Gasteiger partial charge in [-0.15, -0.1) is 0 Å². The highest BCUT2D eigenvalue weighted by Gasteiger charge is 2.25. The van der Waals surface area contributed by atoms with Gasteiger partial charge in [-0.25, -0.2) is 4.57 Å². The number of hydrogen-bond acceptors (Lipinski definition) is 8. The molecule has 0 saturated carbocycles. The van der Waals surface area contributed by atoms with Crippen LogP contribution in [0.5, 0.6) is 0 Å². The van der Waals surface area contributed by atoms with Crippen LogP contribution in [0.25, 0.3) is 0 Å². The zero-order chi connectivity index (χ0) is 42.5. The summed E-state index contributed by atoms with van der Waals surface area (Å²) < 4.78 is 32.6. The van der Waals surface area contributed by atoms with E-state index in [9.17, 15) is 19.0 Å². The highest BCUT2D eigenvalue weighted by Crippen LogP contribution is 2.43. The molecule has 0 aliphatic heterocycles. The fourth-order valence-electron chi connectivity index (χ4n) is 5.22. The molecule has 9 nitrogen and oxygen atoms in total. The van der Waals surface area contributed by atoms with Crippen LogP contribution in [0.2, 0.25) is 0 Å². The van der Waals surface area contributed by atoms with E-state index < -0.39 is 32.5 Å². The molecule has 0 fully saturated rings. The lowest BCUT2D eigenvalue weighted by Crippen LogP contribution is -2.29. The molecule has 0 aromatic carbocycles. The number of phosphoric ester groups is 1. The normalized spacial score (nSPS) is 14.3. The van der Waals surface area contributed by atoms with Crippen molar-refractivity contribution < 1.29 is 37.6 Å². The summed E-state index contributed by atoms with van der Waals surface area (Å²) in [5, 5.41) is 0. The Morgan fingerprint density at radius 2 is 0.948 bits per heavy atom. The molecule has 58 heavy (non-hydrogen) atoms. The van der Waals surface area contributed by atoms with Crippen LogP contribution in [-0.4, -0.2) is 49.3 Å². The van der Waals surface area contributed by atoms with Gasteiger partial charge in [0.25, 0.3) is 0 Å². The lowest BCUT2D eigenvalue weighted by molar-refractivity contribution is -0.161. The number of nitrogens with two attached hydrogens (primary N) is 1. The Labute approximate surface area is 352 Å². The van der Waals surface area contributed by atoms with E-state index in [2.05, 4.69) is 117 Å². The van der Waals surface area contributed by atoms with Crippen LogP contribution in [0.4, 0.5) is 0 Å². The Kier molecular flexibility index (Phi) is 40.8. The van der Waals surface area contributed by atoms with Crippen LogP contribution in [0.3, 0.4) is 0 Å². The molecular formula is C48H78NO8P. The number of carbonyl (C=O) groups is 2. The van der Waals surface area contributed by atoms with Crippen LogP contribution in [0.1, 0.15) is 149 Å². The summed E-state index contributed by atoms with van der Waals surface area (Å²) in [6.45, 7) is 3.48. The largest absolute Gasteiger partial charge is 0.472 e. The number of rotatable bonds is 39. The lowest BCUT2D eigenvalue weighted by Gasteiger charge is -2.19. The zero-order valence-electron chi connectivity index (χ0n) is 36.0. The molecule has 0 rings (SSSR count). The van der Waals surface area contributed by atoms with Gasteiger partial charge in [-0.05, 0) is 77.0 Å². The quantitative estimate of drug-likeness (QED) is 0.0269. The molecule has 10 heteroatoms. The summed E-state index contributed by atoms with van der Waals surface area (Å²) in [4.78, 5) is 34.7. The molecule has 2 unspecified atom stereocenters. The standard InChI is InChI=1S/C48H78NO8P/c1-3-5-7-9-11-13-14-15-16-17-18-19-20-21-22-23-24-25-26-27-28-29-30-31-32-33-35-37-39-41-48(51)57-46(45-56-58(52,53)55-43-42-49)44-54-47(50)40-38-36-34-12-10-8-6-4-2/h5,7,11,13,15-16,18-19,21-22,24-25,27-28,30-31,33,35,46H,3-4,6,8-10,12,14,17,20,23,26,29,32,34,36-45,49H2,1-2H3,(H,52,53)/b7-5-,13-11-,16-15-,19-18-,22-21-,25-24-,28-27-,31-30-,35-33-. The minimum atomic E-state index is -4.39. The number of carbonyl (C=O) groups excluding carboxylic acids is 2. The first-order chi connectivity index (χ1) is 28.3. The second kappa shape index (κ2) is 43.3. The van der Waals surface area contributed by atoms with Gasteiger partial charge in [-0.2, -0.15) is 0 Å². The van der Waals surface area contributed by atoms with E-state index in [-0.39, 0.29) is 32.6 Å². The number of allylic oxidation sites excluding steroid dienone is 18. The average molecular weight is 828 g/mol. The number of esters is 2. The van der Waals surface area contributed by atoms with Crippen molar-refractivity contribution in [3.8, 4) is 0 Å². The highest BCUT2D eigenvalue weighted by atomic mass is 31.2. The molecule has 0 bridgehead atoms. The Balaban J connectivity index is 4.20. The molecule has 2 atom stereocenters. The van der Waals surface area contributed by atoms with E-state index in [1.54, 1.807) is 0 Å². The van der Waals surface area contributed by atoms with Crippen molar-refractivity contribution in [2.45, 2.75) is 155 Å². The fourth-order valence-corrected chi connectivity index (χ4v) is 5.99. The summed E-state index contributed by atoms with van der Waals surface area (Å²) >= 11 is 0. The van der Waals surface area contributed by atoms with Gasteiger partial charge in [-0.1, -0.05) is 168 Å². The summed E-state index contributed by atoms with van der Waals surface area (Å²) in [5.41, 5.74) is 5.33. The maximum absolute atomic E-state index is 12.5. The van der Waals surface area contributed by atoms with Crippen molar-refractivity contribution in [3.63, 3.8) is 0 Å². The van der Waals surface area contributed by atoms with E-state index >= 15 is 0 Å². The van der Waals surface area contributed by atoms with Crippen molar-refractivity contribution in [2.24, 2.45) is 5.73 Å². The van der Waals surface area contributed by atoms with Crippen LogP contribution in [0.15, 0.2) is 109 Å². The van der Waals surface area contributed by atoms with Gasteiger partial charge in [0.15, 0.2) is 6.10 Å². The predicted octanol–water partition coefficient (Wildman–Crippen LogP) is 12.8. The Morgan fingerprint density at radius 1 is 0.534 bits per heavy atom. The monoisotopic (exact) mass is 828 g/mol. The van der Waals surface area contributed by atoms with E-state index in [0.717, 1.165) is 83.5 Å². The van der Waals surface area contributed by atoms with Crippen LogP contribution in [-0.2, 0) is 32.7 Å². The van der Waals surface area contributed by atoms with Crippen molar-refractivity contribution in [2.75, 3.05) is 26.4 Å². The summed E-state index contributed by atoms with van der Waals surface area (Å²) in [5.74, 6) is -0.915. The van der Waals surface area contributed by atoms with Crippen molar-refractivity contribution in [1.29, 1.82) is 0 Å². The number of hydrogen-bond donors (Lipinski definition) is 2. The lowest BCUT2D eigenvalue weighted by atomic mass is 10.1. The van der Waals surface area contributed by atoms with E-state index in [4.69, 9.17) is 24.3 Å². The van der Waals surface area contributed by atoms with Crippen molar-refractivity contribution >= 4 is 19.8 Å². The SMILES string of the molecule is CC/C=C\C/C=C\C/C=C\C/C=C\C/C=C\C/C=C\C/C=C\C/C=C\C/C=C\CCCC(=O)OC(COC(=O)CCCCCCCCCC)COP(=O)(O)OCCN. The summed E-state index contributed by atoms with van der Waals surface area (Å²) in [6, 6.07) is 0. The first-order valence-corrected chi connectivity index (χ1v) is 23.4. The third-order valence-corrected chi connectivity index (χ3v) is 9.41. The van der Waals surface area contributed by atoms with Gasteiger partial charge in [0.1, 0.15) is 6.61 Å². The molecule has 0 aliphatic rings. The molecule has 0 saturated heterocycles. The number of ether oxygens (including phenoxy) is 2. The van der Waals surface area contributed by atoms with Crippen LogP contribution in [0, 0.1) is 0 Å². The van der Waals surface area contributed by atoms with Gasteiger partial charge in [-0.3, -0.25) is 18.6 Å². The summed E-state index contributed by atoms with van der Waals surface area (Å²) in [7, 11) is -4.39. The van der Waals surface area contributed by atoms with Gasteiger partial charge in [0, 0.05) is 19.4 Å². The minimum absolute atomic E-state index is 0.0388. The van der Waals surface area contributed by atoms with Crippen LogP contribution < -0.4 is 5.73 Å².